The summed E-state index contributed by atoms with van der Waals surface area (Å²) >= 11 is 6.34. The molecule has 0 aliphatic heterocycles. The van der Waals surface area contributed by atoms with Crippen LogP contribution in [-0.2, 0) is 6.54 Å². The summed E-state index contributed by atoms with van der Waals surface area (Å²) in [5.74, 6) is 2.12. The minimum absolute atomic E-state index is 0.561. The lowest BCUT2D eigenvalue weighted by molar-refractivity contribution is 0.294. The predicted octanol–water partition coefficient (Wildman–Crippen LogP) is 5.15. The molecule has 0 atom stereocenters. The summed E-state index contributed by atoms with van der Waals surface area (Å²) in [5.41, 5.74) is 2.04. The molecule has 1 N–H and O–H groups in total. The largest absolute Gasteiger partial charge is 0.494 e. The van der Waals surface area contributed by atoms with Gasteiger partial charge in [0.2, 0.25) is 0 Å². The van der Waals surface area contributed by atoms with Crippen LogP contribution in [0.25, 0.3) is 0 Å². The van der Waals surface area contributed by atoms with Gasteiger partial charge in [0.25, 0.3) is 0 Å². The Labute approximate surface area is 148 Å². The van der Waals surface area contributed by atoms with E-state index in [4.69, 9.17) is 25.8 Å². The number of ether oxygens (including phenoxy) is 3. The van der Waals surface area contributed by atoms with Gasteiger partial charge in [-0.15, -0.1) is 0 Å². The standard InChI is InChI=1S/C19H24ClNO3/c1-4-10-24-19-17(20)11-14(12-18(19)22-3)13-21-15-6-8-16(9-7-15)23-5-2/h6-9,11-12,21H,4-5,10,13H2,1-3H3. The minimum Gasteiger partial charge on any atom is -0.494 e. The lowest BCUT2D eigenvalue weighted by atomic mass is 10.2. The fourth-order valence-electron chi connectivity index (χ4n) is 2.26. The molecular weight excluding hydrogens is 326 g/mol. The van der Waals surface area contributed by atoms with Gasteiger partial charge in [-0.05, 0) is 55.3 Å². The molecule has 2 aromatic rings. The average Bonchev–Trinajstić information content (AvgIpc) is 2.60. The van der Waals surface area contributed by atoms with Crippen molar-refractivity contribution in [1.29, 1.82) is 0 Å². The van der Waals surface area contributed by atoms with Crippen LogP contribution in [0.2, 0.25) is 5.02 Å². The summed E-state index contributed by atoms with van der Waals surface area (Å²) in [6, 6.07) is 11.7. The second-order valence-electron chi connectivity index (χ2n) is 5.27. The third-order valence-electron chi connectivity index (χ3n) is 3.40. The molecule has 130 valence electrons. The molecule has 5 heteroatoms. The van der Waals surface area contributed by atoms with Gasteiger partial charge >= 0.3 is 0 Å². The first-order valence-corrected chi connectivity index (χ1v) is 8.51. The number of benzene rings is 2. The summed E-state index contributed by atoms with van der Waals surface area (Å²) in [7, 11) is 1.62. The molecule has 0 aliphatic rings. The number of nitrogens with one attached hydrogen (secondary N) is 1. The van der Waals surface area contributed by atoms with Crippen molar-refractivity contribution in [3.8, 4) is 17.2 Å². The van der Waals surface area contributed by atoms with Crippen LogP contribution in [-0.4, -0.2) is 20.3 Å². The van der Waals surface area contributed by atoms with Gasteiger partial charge in [0, 0.05) is 12.2 Å². The van der Waals surface area contributed by atoms with Crippen molar-refractivity contribution in [2.45, 2.75) is 26.8 Å². The van der Waals surface area contributed by atoms with Crippen LogP contribution in [0.15, 0.2) is 36.4 Å². The summed E-state index contributed by atoms with van der Waals surface area (Å²) < 4.78 is 16.5. The Bertz CT molecular complexity index is 644. The fourth-order valence-corrected chi connectivity index (χ4v) is 2.55. The monoisotopic (exact) mass is 349 g/mol. The van der Waals surface area contributed by atoms with E-state index in [0.29, 0.717) is 36.3 Å². The zero-order chi connectivity index (χ0) is 17.4. The van der Waals surface area contributed by atoms with E-state index in [9.17, 15) is 0 Å². The van der Waals surface area contributed by atoms with Crippen molar-refractivity contribution in [1.82, 2.24) is 0 Å². The Kier molecular flexibility index (Phi) is 7.07. The highest BCUT2D eigenvalue weighted by molar-refractivity contribution is 6.32. The van der Waals surface area contributed by atoms with Crippen molar-refractivity contribution < 1.29 is 14.2 Å². The molecule has 24 heavy (non-hydrogen) atoms. The highest BCUT2D eigenvalue weighted by atomic mass is 35.5. The van der Waals surface area contributed by atoms with Crippen LogP contribution >= 0.6 is 11.6 Å². The maximum absolute atomic E-state index is 6.34. The number of anilines is 1. The Morgan fingerprint density at radius 1 is 1.04 bits per heavy atom. The molecule has 0 heterocycles. The van der Waals surface area contributed by atoms with E-state index in [0.717, 1.165) is 23.4 Å². The molecule has 2 aromatic carbocycles. The molecule has 0 fully saturated rings. The lowest BCUT2D eigenvalue weighted by Gasteiger charge is -2.14. The van der Waals surface area contributed by atoms with Crippen LogP contribution in [0.1, 0.15) is 25.8 Å². The van der Waals surface area contributed by atoms with Crippen LogP contribution < -0.4 is 19.5 Å². The molecular formula is C19H24ClNO3. The van der Waals surface area contributed by atoms with Gasteiger partial charge in [-0.1, -0.05) is 18.5 Å². The number of halogens is 1. The van der Waals surface area contributed by atoms with E-state index in [1.54, 1.807) is 7.11 Å². The van der Waals surface area contributed by atoms with Crippen molar-refractivity contribution in [2.24, 2.45) is 0 Å². The van der Waals surface area contributed by atoms with Gasteiger partial charge in [0.15, 0.2) is 11.5 Å². The third kappa shape index (κ3) is 4.96. The molecule has 2 rings (SSSR count). The first kappa shape index (κ1) is 18.3. The summed E-state index contributed by atoms with van der Waals surface area (Å²) in [6.07, 6.45) is 0.917. The second kappa shape index (κ2) is 9.28. The molecule has 0 saturated carbocycles. The van der Waals surface area contributed by atoms with Gasteiger partial charge in [0.1, 0.15) is 5.75 Å². The molecule has 4 nitrogen and oxygen atoms in total. The summed E-state index contributed by atoms with van der Waals surface area (Å²) in [6.45, 7) is 5.93. The van der Waals surface area contributed by atoms with E-state index < -0.39 is 0 Å². The smallest absolute Gasteiger partial charge is 0.179 e. The normalized spacial score (nSPS) is 10.3. The molecule has 0 spiro atoms. The van der Waals surface area contributed by atoms with Gasteiger partial charge in [0.05, 0.1) is 25.3 Å². The van der Waals surface area contributed by atoms with E-state index in [2.05, 4.69) is 12.2 Å². The van der Waals surface area contributed by atoms with E-state index in [1.807, 2.05) is 43.3 Å². The number of hydrogen-bond acceptors (Lipinski definition) is 4. The van der Waals surface area contributed by atoms with Crippen LogP contribution in [0.3, 0.4) is 0 Å². The van der Waals surface area contributed by atoms with Gasteiger partial charge in [-0.25, -0.2) is 0 Å². The second-order valence-corrected chi connectivity index (χ2v) is 5.68. The average molecular weight is 350 g/mol. The molecule has 0 saturated heterocycles. The van der Waals surface area contributed by atoms with E-state index in [1.165, 1.54) is 0 Å². The Hall–Kier alpha value is -2.07. The van der Waals surface area contributed by atoms with Gasteiger partial charge in [-0.3, -0.25) is 0 Å². The van der Waals surface area contributed by atoms with Crippen LogP contribution in [0, 0.1) is 0 Å². The molecule has 0 aromatic heterocycles. The van der Waals surface area contributed by atoms with E-state index >= 15 is 0 Å². The quantitative estimate of drug-likeness (QED) is 0.679. The van der Waals surface area contributed by atoms with Gasteiger partial charge < -0.3 is 19.5 Å². The van der Waals surface area contributed by atoms with Gasteiger partial charge in [-0.2, -0.15) is 0 Å². The molecule has 0 bridgehead atoms. The lowest BCUT2D eigenvalue weighted by Crippen LogP contribution is -2.03. The van der Waals surface area contributed by atoms with Crippen molar-refractivity contribution >= 4 is 17.3 Å². The molecule has 0 radical (unpaired) electrons. The topological polar surface area (TPSA) is 39.7 Å². The molecule has 0 amide bonds. The Morgan fingerprint density at radius 2 is 1.79 bits per heavy atom. The highest BCUT2D eigenvalue weighted by Gasteiger charge is 2.12. The minimum atomic E-state index is 0.561. The van der Waals surface area contributed by atoms with Crippen LogP contribution in [0.4, 0.5) is 5.69 Å². The number of rotatable bonds is 9. The Morgan fingerprint density at radius 3 is 2.42 bits per heavy atom. The maximum atomic E-state index is 6.34. The molecule has 0 aliphatic carbocycles. The van der Waals surface area contributed by atoms with E-state index in [-0.39, 0.29) is 0 Å². The predicted molar refractivity (Wildman–Crippen MR) is 98.7 cm³/mol. The summed E-state index contributed by atoms with van der Waals surface area (Å²) in [4.78, 5) is 0. The maximum Gasteiger partial charge on any atom is 0.179 e. The third-order valence-corrected chi connectivity index (χ3v) is 3.68. The van der Waals surface area contributed by atoms with Crippen molar-refractivity contribution in [2.75, 3.05) is 25.6 Å². The molecule has 0 unspecified atom stereocenters. The van der Waals surface area contributed by atoms with Crippen molar-refractivity contribution in [3.05, 3.63) is 47.0 Å². The number of hydrogen-bond donors (Lipinski definition) is 1. The fraction of sp³-hybridized carbons (Fsp3) is 0.368. The zero-order valence-corrected chi connectivity index (χ0v) is 15.2. The zero-order valence-electron chi connectivity index (χ0n) is 14.4. The SMILES string of the molecule is CCCOc1c(Cl)cc(CNc2ccc(OCC)cc2)cc1OC. The van der Waals surface area contributed by atoms with Crippen LogP contribution in [0.5, 0.6) is 17.2 Å². The number of methoxy groups -OCH3 is 1. The highest BCUT2D eigenvalue weighted by Crippen LogP contribution is 2.36. The first-order chi connectivity index (χ1) is 11.7. The first-order valence-electron chi connectivity index (χ1n) is 8.13. The van der Waals surface area contributed by atoms with Crippen molar-refractivity contribution in [3.63, 3.8) is 0 Å². The Balaban J connectivity index is 2.05. The summed E-state index contributed by atoms with van der Waals surface area (Å²) in [5, 5.41) is 3.92.